The molecule has 0 saturated carbocycles. The molecule has 1 amide bonds. The number of halogens is 3. The van der Waals surface area contributed by atoms with Gasteiger partial charge in [-0.2, -0.15) is 13.2 Å². The van der Waals surface area contributed by atoms with E-state index < -0.39 is 12.1 Å². The van der Waals surface area contributed by atoms with Crippen LogP contribution in [-0.4, -0.2) is 48.3 Å². The highest BCUT2D eigenvalue weighted by Crippen LogP contribution is 2.35. The lowest BCUT2D eigenvalue weighted by atomic mass is 9.89. The van der Waals surface area contributed by atoms with Crippen LogP contribution >= 0.6 is 0 Å². The predicted molar refractivity (Wildman–Crippen MR) is 126 cm³/mol. The molecule has 1 heterocycles. The van der Waals surface area contributed by atoms with Gasteiger partial charge in [-0.25, -0.2) is 4.79 Å². The minimum atomic E-state index is -5.08. The van der Waals surface area contributed by atoms with Crippen LogP contribution in [0.4, 0.5) is 13.2 Å². The Morgan fingerprint density at radius 3 is 2.03 bits per heavy atom. The number of nitrogens with one attached hydrogen (secondary N) is 2. The van der Waals surface area contributed by atoms with Crippen LogP contribution < -0.4 is 15.4 Å². The number of esters is 1. The van der Waals surface area contributed by atoms with Gasteiger partial charge in [0.25, 0.3) is 0 Å². The van der Waals surface area contributed by atoms with Crippen molar-refractivity contribution in [3.8, 4) is 5.75 Å². The van der Waals surface area contributed by atoms with Crippen molar-refractivity contribution in [3.05, 3.63) is 29.3 Å². The molecule has 1 aromatic rings. The highest BCUT2D eigenvalue weighted by molar-refractivity contribution is 5.82. The molecule has 0 aliphatic carbocycles. The Hall–Kier alpha value is -2.62. The first-order chi connectivity index (χ1) is 16.0. The van der Waals surface area contributed by atoms with Crippen molar-refractivity contribution in [3.63, 3.8) is 0 Å². The summed E-state index contributed by atoms with van der Waals surface area (Å²) in [6.07, 6.45) is -2.94. The van der Waals surface area contributed by atoms with Gasteiger partial charge >= 0.3 is 18.1 Å². The monoisotopic (exact) mass is 502 g/mol. The fraction of sp³-hybridized carbons (Fsp3) is 0.640. The standard InChI is InChI=1S/C23H36N2O3.C2HF3O2/c1-15(2)17-9-7-10-18(16(3)4)21(17)28-20(26)13-23(5,6)14-25-22(27)19-11-8-12-24-19;3-2(4,5)1(6)7/h7,9-10,15-16,19,24H,8,11-14H2,1-6H3,(H,25,27);(H,6,7)/t19-;/m0./s1. The number of hydrogen-bond acceptors (Lipinski definition) is 5. The molecule has 10 heteroatoms. The molecule has 1 atom stereocenters. The maximum atomic E-state index is 12.7. The van der Waals surface area contributed by atoms with Crippen LogP contribution in [0.15, 0.2) is 18.2 Å². The largest absolute Gasteiger partial charge is 0.490 e. The van der Waals surface area contributed by atoms with E-state index in [1.807, 2.05) is 32.0 Å². The number of aliphatic carboxylic acids is 1. The van der Waals surface area contributed by atoms with Gasteiger partial charge in [-0.05, 0) is 47.8 Å². The second-order valence-electron chi connectivity index (χ2n) is 10.1. The lowest BCUT2D eigenvalue weighted by Crippen LogP contribution is -2.44. The number of carbonyl (C=O) groups excluding carboxylic acids is 2. The van der Waals surface area contributed by atoms with Crippen molar-refractivity contribution in [2.24, 2.45) is 5.41 Å². The fourth-order valence-electron chi connectivity index (χ4n) is 3.56. The summed E-state index contributed by atoms with van der Waals surface area (Å²) in [4.78, 5) is 33.8. The third-order valence-corrected chi connectivity index (χ3v) is 5.52. The first-order valence-electron chi connectivity index (χ1n) is 11.7. The molecule has 1 fully saturated rings. The minimum absolute atomic E-state index is 0.0196. The molecule has 35 heavy (non-hydrogen) atoms. The van der Waals surface area contributed by atoms with Gasteiger partial charge in [0, 0.05) is 6.54 Å². The van der Waals surface area contributed by atoms with E-state index in [1.54, 1.807) is 0 Å². The van der Waals surface area contributed by atoms with E-state index in [-0.39, 0.29) is 41.6 Å². The summed E-state index contributed by atoms with van der Waals surface area (Å²) in [5.74, 6) is -1.75. The number of carbonyl (C=O) groups is 3. The number of alkyl halides is 3. The number of para-hydroxylation sites is 1. The van der Waals surface area contributed by atoms with Crippen molar-refractivity contribution in [2.75, 3.05) is 13.1 Å². The number of benzene rings is 1. The Labute approximate surface area is 204 Å². The third kappa shape index (κ3) is 10.3. The Morgan fingerprint density at radius 2 is 1.63 bits per heavy atom. The number of rotatable bonds is 8. The van der Waals surface area contributed by atoms with Gasteiger partial charge in [0.15, 0.2) is 0 Å². The summed E-state index contributed by atoms with van der Waals surface area (Å²) in [7, 11) is 0. The Kier molecular flexibility index (Phi) is 11.2. The molecule has 0 unspecified atom stereocenters. The lowest BCUT2D eigenvalue weighted by Gasteiger charge is -2.26. The third-order valence-electron chi connectivity index (χ3n) is 5.52. The molecule has 0 spiro atoms. The average Bonchev–Trinajstić information content (AvgIpc) is 3.26. The van der Waals surface area contributed by atoms with E-state index in [4.69, 9.17) is 14.6 Å². The second-order valence-corrected chi connectivity index (χ2v) is 10.1. The van der Waals surface area contributed by atoms with Gasteiger partial charge in [0.1, 0.15) is 5.75 Å². The topological polar surface area (TPSA) is 105 Å². The Balaban J connectivity index is 0.000000762. The minimum Gasteiger partial charge on any atom is -0.475 e. The number of ether oxygens (including phenoxy) is 1. The van der Waals surface area contributed by atoms with Gasteiger partial charge in [-0.15, -0.1) is 0 Å². The first-order valence-corrected chi connectivity index (χ1v) is 11.7. The summed E-state index contributed by atoms with van der Waals surface area (Å²) >= 11 is 0. The maximum absolute atomic E-state index is 12.7. The summed E-state index contributed by atoms with van der Waals surface area (Å²) < 4.78 is 37.6. The second kappa shape index (κ2) is 12.9. The van der Waals surface area contributed by atoms with Crippen molar-refractivity contribution < 1.29 is 37.4 Å². The first kappa shape index (κ1) is 30.4. The van der Waals surface area contributed by atoms with E-state index in [2.05, 4.69) is 38.3 Å². The van der Waals surface area contributed by atoms with E-state index in [0.717, 1.165) is 30.5 Å². The molecule has 1 saturated heterocycles. The number of hydrogen-bond donors (Lipinski definition) is 3. The molecule has 0 aromatic heterocycles. The van der Waals surface area contributed by atoms with E-state index >= 15 is 0 Å². The van der Waals surface area contributed by atoms with Crippen molar-refractivity contribution in [1.82, 2.24) is 10.6 Å². The molecule has 1 aromatic carbocycles. The highest BCUT2D eigenvalue weighted by Gasteiger charge is 2.38. The quantitative estimate of drug-likeness (QED) is 0.350. The zero-order valence-corrected chi connectivity index (χ0v) is 21.2. The Bertz CT molecular complexity index is 850. The van der Waals surface area contributed by atoms with Gasteiger partial charge < -0.3 is 20.5 Å². The average molecular weight is 503 g/mol. The van der Waals surface area contributed by atoms with Crippen molar-refractivity contribution >= 4 is 17.8 Å². The summed E-state index contributed by atoms with van der Waals surface area (Å²) in [6, 6.07) is 5.98. The van der Waals surface area contributed by atoms with E-state index in [0.29, 0.717) is 12.3 Å². The summed E-state index contributed by atoms with van der Waals surface area (Å²) in [5.41, 5.74) is 1.73. The van der Waals surface area contributed by atoms with Crippen LogP contribution in [0, 0.1) is 5.41 Å². The number of amides is 1. The molecule has 0 bridgehead atoms. The Morgan fingerprint density at radius 1 is 1.11 bits per heavy atom. The molecule has 1 aliphatic heterocycles. The zero-order valence-electron chi connectivity index (χ0n) is 21.2. The van der Waals surface area contributed by atoms with Crippen LogP contribution in [0.5, 0.6) is 5.75 Å². The number of carboxylic acid groups (broad SMARTS) is 1. The molecule has 3 N–H and O–H groups in total. The predicted octanol–water partition coefficient (Wildman–Crippen LogP) is 4.76. The lowest BCUT2D eigenvalue weighted by molar-refractivity contribution is -0.192. The van der Waals surface area contributed by atoms with Gasteiger partial charge in [-0.1, -0.05) is 59.7 Å². The van der Waals surface area contributed by atoms with Gasteiger partial charge in [0.2, 0.25) is 5.91 Å². The normalized spacial score (nSPS) is 16.0. The molecule has 0 radical (unpaired) electrons. The smallest absolute Gasteiger partial charge is 0.475 e. The highest BCUT2D eigenvalue weighted by atomic mass is 19.4. The molecule has 198 valence electrons. The van der Waals surface area contributed by atoms with Gasteiger partial charge in [-0.3, -0.25) is 9.59 Å². The maximum Gasteiger partial charge on any atom is 0.490 e. The molecular formula is C25H37F3N2O5. The fourth-order valence-corrected chi connectivity index (χ4v) is 3.56. The SMILES string of the molecule is CC(C)c1cccc(C(C)C)c1OC(=O)CC(C)(C)CNC(=O)[C@@H]1CCCN1.O=C(O)C(F)(F)F. The zero-order chi connectivity index (χ0) is 27.0. The van der Waals surface area contributed by atoms with Crippen LogP contribution in [0.2, 0.25) is 0 Å². The van der Waals surface area contributed by atoms with Crippen LogP contribution in [0.3, 0.4) is 0 Å². The molecule has 2 rings (SSSR count). The van der Waals surface area contributed by atoms with Crippen LogP contribution in [0.1, 0.15) is 83.8 Å². The molecule has 1 aliphatic rings. The molecule has 7 nitrogen and oxygen atoms in total. The summed E-state index contributed by atoms with van der Waals surface area (Å²) in [5, 5.41) is 13.3. The van der Waals surface area contributed by atoms with Crippen LogP contribution in [0.25, 0.3) is 0 Å². The van der Waals surface area contributed by atoms with Gasteiger partial charge in [0.05, 0.1) is 12.5 Å². The summed E-state index contributed by atoms with van der Waals surface area (Å²) in [6.45, 7) is 13.7. The van der Waals surface area contributed by atoms with Crippen LogP contribution in [-0.2, 0) is 14.4 Å². The van der Waals surface area contributed by atoms with E-state index in [1.165, 1.54) is 0 Å². The molecular weight excluding hydrogens is 465 g/mol. The van der Waals surface area contributed by atoms with E-state index in [9.17, 15) is 22.8 Å². The van der Waals surface area contributed by atoms with Crippen molar-refractivity contribution in [2.45, 2.75) is 84.9 Å². The number of carboxylic acids is 1. The van der Waals surface area contributed by atoms with Crippen molar-refractivity contribution in [1.29, 1.82) is 0 Å².